The number of aromatic nitrogens is 2. The van der Waals surface area contributed by atoms with Gasteiger partial charge in [-0.3, -0.25) is 0 Å². The number of nitrogens with zero attached hydrogens (tertiary/aromatic N) is 3. The van der Waals surface area contributed by atoms with Crippen molar-refractivity contribution >= 4 is 105 Å². The van der Waals surface area contributed by atoms with E-state index in [-0.39, 0.29) is 6.71 Å². The summed E-state index contributed by atoms with van der Waals surface area (Å²) in [6.07, 6.45) is 0. The Hall–Kier alpha value is -9.38. The second kappa shape index (κ2) is 14.1. The van der Waals surface area contributed by atoms with Gasteiger partial charge in [-0.25, -0.2) is 0 Å². The van der Waals surface area contributed by atoms with Crippen LogP contribution in [0.25, 0.3) is 121 Å². The van der Waals surface area contributed by atoms with E-state index in [2.05, 4.69) is 257 Å². The first-order valence-corrected chi connectivity index (χ1v) is 25.1. The highest BCUT2D eigenvalue weighted by Gasteiger charge is 2.43. The lowest BCUT2D eigenvalue weighted by Crippen LogP contribution is -2.59. The molecule has 0 atom stereocenters. The molecule has 72 heavy (non-hydrogen) atoms. The normalized spacial score (nSPS) is 12.7. The SMILES string of the molecule is c1ccc(-c2ccc(N(c3ccc(-c4ccccc4)cc3)c3cc4c5c(c3)-n3c6cccc7c6c6c8c(cccc8cc(c63)B5c3cc5ccccc5c5c6ccccc6n-4c35)-c3ccccc3-7)cc2)cc1. The van der Waals surface area contributed by atoms with E-state index in [9.17, 15) is 0 Å². The van der Waals surface area contributed by atoms with Gasteiger partial charge in [-0.2, -0.15) is 0 Å². The van der Waals surface area contributed by atoms with Crippen molar-refractivity contribution in [3.8, 4) is 55.9 Å². The van der Waals surface area contributed by atoms with Gasteiger partial charge in [-0.1, -0.05) is 194 Å². The summed E-state index contributed by atoms with van der Waals surface area (Å²) in [7, 11) is 0. The van der Waals surface area contributed by atoms with E-state index < -0.39 is 0 Å². The number of para-hydroxylation sites is 1. The minimum absolute atomic E-state index is 0.0318. The molecule has 0 saturated carbocycles. The fourth-order valence-electron chi connectivity index (χ4n) is 13.5. The first-order chi connectivity index (χ1) is 35.7. The zero-order valence-electron chi connectivity index (χ0n) is 39.0. The van der Waals surface area contributed by atoms with Crippen molar-refractivity contribution in [3.05, 3.63) is 243 Å². The van der Waals surface area contributed by atoms with E-state index >= 15 is 0 Å². The molecular formula is C68H40BN3. The van der Waals surface area contributed by atoms with Gasteiger partial charge in [0.05, 0.1) is 27.8 Å². The predicted octanol–water partition coefficient (Wildman–Crippen LogP) is 15.8. The average molecular weight is 910 g/mol. The van der Waals surface area contributed by atoms with Crippen LogP contribution in [0, 0.1) is 0 Å². The molecule has 0 unspecified atom stereocenters. The molecule has 1 aliphatic carbocycles. The molecule has 3 aliphatic rings. The number of fused-ring (bicyclic) bond motifs is 13. The molecule has 12 aromatic carbocycles. The standard InChI is InChI=1S/C68H40BN3/c1-3-15-41(16-4-1)43-29-33-47(34-30-43)70(48-35-31-44(32-36-48)42-17-5-2-6-18-42)49-39-60-66-61(40-49)72-59-28-14-26-54-52-23-10-9-22-51(52)53-25-13-20-46-38-57(68(72)65(62(46)53)64(54)59)69(66)56-37-45-19-7-8-21-50(45)63-55-24-11-12-27-58(55)71(60)67(56)63/h1-40H. The van der Waals surface area contributed by atoms with Gasteiger partial charge in [0, 0.05) is 44.3 Å². The molecule has 0 amide bonds. The highest BCUT2D eigenvalue weighted by Crippen LogP contribution is 2.51. The van der Waals surface area contributed by atoms with Gasteiger partial charge in [0.25, 0.3) is 6.71 Å². The summed E-state index contributed by atoms with van der Waals surface area (Å²) in [4.78, 5) is 2.48. The maximum atomic E-state index is 2.66. The van der Waals surface area contributed by atoms with Crippen LogP contribution in [0.2, 0.25) is 0 Å². The van der Waals surface area contributed by atoms with E-state index in [1.165, 1.54) is 137 Å². The highest BCUT2D eigenvalue weighted by atomic mass is 15.2. The molecule has 0 fully saturated rings. The van der Waals surface area contributed by atoms with Crippen molar-refractivity contribution in [1.82, 2.24) is 9.13 Å². The molecule has 3 nitrogen and oxygen atoms in total. The molecule has 0 bridgehead atoms. The second-order valence-corrected chi connectivity index (χ2v) is 19.9. The first kappa shape index (κ1) is 38.5. The summed E-state index contributed by atoms with van der Waals surface area (Å²) in [6, 6.07) is 91.0. The molecule has 4 heteroatoms. The lowest BCUT2D eigenvalue weighted by Gasteiger charge is -2.36. The van der Waals surface area contributed by atoms with Gasteiger partial charge >= 0.3 is 0 Å². The number of hydrogen-bond acceptors (Lipinski definition) is 1. The minimum atomic E-state index is -0.0318. The van der Waals surface area contributed by atoms with Gasteiger partial charge in [0.15, 0.2) is 0 Å². The van der Waals surface area contributed by atoms with Crippen LogP contribution in [0.4, 0.5) is 17.1 Å². The van der Waals surface area contributed by atoms with Gasteiger partial charge < -0.3 is 14.0 Å². The molecule has 0 saturated heterocycles. The van der Waals surface area contributed by atoms with E-state index in [1.807, 2.05) is 0 Å². The monoisotopic (exact) mass is 909 g/mol. The summed E-state index contributed by atoms with van der Waals surface area (Å²) < 4.78 is 5.29. The summed E-state index contributed by atoms with van der Waals surface area (Å²) in [6.45, 7) is -0.0318. The van der Waals surface area contributed by atoms with Crippen LogP contribution >= 0.6 is 0 Å². The summed E-state index contributed by atoms with van der Waals surface area (Å²) in [5.74, 6) is 0. The van der Waals surface area contributed by atoms with Crippen LogP contribution in [-0.2, 0) is 0 Å². The van der Waals surface area contributed by atoms with Crippen molar-refractivity contribution in [2.24, 2.45) is 0 Å². The number of rotatable bonds is 5. The summed E-state index contributed by atoms with van der Waals surface area (Å²) in [5, 5.41) is 10.5. The minimum Gasteiger partial charge on any atom is -0.310 e. The third-order valence-corrected chi connectivity index (χ3v) is 16.4. The smallest absolute Gasteiger partial charge is 0.252 e. The Morgan fingerprint density at radius 2 is 0.778 bits per heavy atom. The molecule has 0 spiro atoms. The molecule has 330 valence electrons. The van der Waals surface area contributed by atoms with E-state index in [0.717, 1.165) is 17.1 Å². The van der Waals surface area contributed by atoms with Crippen molar-refractivity contribution < 1.29 is 0 Å². The van der Waals surface area contributed by atoms with Crippen LogP contribution in [0.15, 0.2) is 243 Å². The van der Waals surface area contributed by atoms with E-state index in [0.29, 0.717) is 0 Å². The largest absolute Gasteiger partial charge is 0.310 e. The Bertz CT molecular complexity index is 4580. The lowest BCUT2D eigenvalue weighted by molar-refractivity contribution is 1.13. The predicted molar refractivity (Wildman–Crippen MR) is 305 cm³/mol. The fraction of sp³-hybridized carbons (Fsp3) is 0. The molecule has 17 rings (SSSR count). The fourth-order valence-corrected chi connectivity index (χ4v) is 13.5. The number of anilines is 3. The van der Waals surface area contributed by atoms with Crippen molar-refractivity contribution in [2.75, 3.05) is 4.90 Å². The van der Waals surface area contributed by atoms with Gasteiger partial charge in [0.1, 0.15) is 0 Å². The van der Waals surface area contributed by atoms with Gasteiger partial charge in [0.2, 0.25) is 0 Å². The quantitative estimate of drug-likeness (QED) is 0.157. The zero-order chi connectivity index (χ0) is 46.8. The van der Waals surface area contributed by atoms with Crippen LogP contribution in [0.1, 0.15) is 0 Å². The maximum Gasteiger partial charge on any atom is 0.252 e. The third kappa shape index (κ3) is 5.00. The molecule has 14 aromatic rings. The van der Waals surface area contributed by atoms with Gasteiger partial charge in [-0.15, -0.1) is 0 Å². The van der Waals surface area contributed by atoms with E-state index in [1.54, 1.807) is 0 Å². The van der Waals surface area contributed by atoms with Crippen LogP contribution in [-0.4, -0.2) is 15.8 Å². The lowest BCUT2D eigenvalue weighted by atomic mass is 9.34. The zero-order valence-corrected chi connectivity index (χ0v) is 39.0. The van der Waals surface area contributed by atoms with E-state index in [4.69, 9.17) is 0 Å². The number of hydrogen-bond donors (Lipinski definition) is 0. The summed E-state index contributed by atoms with van der Waals surface area (Å²) in [5.41, 5.74) is 24.8. The Balaban J connectivity index is 1.04. The van der Waals surface area contributed by atoms with Crippen molar-refractivity contribution in [2.45, 2.75) is 0 Å². The van der Waals surface area contributed by atoms with Crippen LogP contribution in [0.3, 0.4) is 0 Å². The van der Waals surface area contributed by atoms with Crippen LogP contribution in [0.5, 0.6) is 0 Å². The Morgan fingerprint density at radius 1 is 0.306 bits per heavy atom. The Labute approximate surface area is 415 Å². The van der Waals surface area contributed by atoms with Crippen molar-refractivity contribution in [3.63, 3.8) is 0 Å². The first-order valence-electron chi connectivity index (χ1n) is 25.1. The van der Waals surface area contributed by atoms with Gasteiger partial charge in [-0.05, 0) is 131 Å². The molecular weight excluding hydrogens is 870 g/mol. The number of benzene rings is 12. The highest BCUT2D eigenvalue weighted by molar-refractivity contribution is 7.00. The summed E-state index contributed by atoms with van der Waals surface area (Å²) >= 11 is 0. The molecule has 2 aliphatic heterocycles. The molecule has 0 N–H and O–H groups in total. The maximum absolute atomic E-state index is 2.66. The van der Waals surface area contributed by atoms with Crippen molar-refractivity contribution in [1.29, 1.82) is 0 Å². The Kier molecular flexibility index (Phi) is 7.55. The average Bonchev–Trinajstić information content (AvgIpc) is 3.96. The molecule has 0 radical (unpaired) electrons. The molecule has 2 aromatic heterocycles. The topological polar surface area (TPSA) is 13.1 Å². The Morgan fingerprint density at radius 3 is 1.44 bits per heavy atom. The van der Waals surface area contributed by atoms with Crippen LogP contribution < -0.4 is 21.3 Å². The third-order valence-electron chi connectivity index (χ3n) is 16.4. The second-order valence-electron chi connectivity index (χ2n) is 19.9. The molecule has 4 heterocycles.